The monoisotopic (exact) mass is 321 g/mol. The van der Waals surface area contributed by atoms with E-state index in [4.69, 9.17) is 34.3 Å². The number of rotatable bonds is 4. The van der Waals surface area contributed by atoms with Crippen LogP contribution < -0.4 is 10.6 Å². The number of hydrogen-bond acceptors (Lipinski definition) is 2. The summed E-state index contributed by atoms with van der Waals surface area (Å²) in [6.07, 6.45) is 0. The first-order valence-electron chi connectivity index (χ1n) is 6.52. The Balaban J connectivity index is 2.39. The van der Waals surface area contributed by atoms with Crippen LogP contribution >= 0.6 is 23.2 Å². The van der Waals surface area contributed by atoms with Crippen LogP contribution in [0.4, 0.5) is 5.69 Å². The van der Waals surface area contributed by atoms with Crippen LogP contribution in [-0.4, -0.2) is 12.9 Å². The van der Waals surface area contributed by atoms with Gasteiger partial charge in [-0.25, -0.2) is 0 Å². The SMILES string of the molecule is CC(c1ccc(Cl)cc1)N(C)c1cc(Cl)ccc1C(=N)N. The van der Waals surface area contributed by atoms with Crippen LogP contribution in [0.15, 0.2) is 42.5 Å². The standard InChI is InChI=1S/C16H17Cl2N3/c1-10(11-3-5-12(17)6-4-11)21(2)15-9-13(18)7-8-14(15)16(19)20/h3-10H,1-2H3,(H3,19,20). The molecule has 3 nitrogen and oxygen atoms in total. The molecule has 1 atom stereocenters. The average molecular weight is 322 g/mol. The number of nitrogens with one attached hydrogen (secondary N) is 1. The third-order valence-corrected chi connectivity index (χ3v) is 4.05. The largest absolute Gasteiger partial charge is 0.384 e. The van der Waals surface area contributed by atoms with Crippen molar-refractivity contribution in [2.45, 2.75) is 13.0 Å². The first-order valence-corrected chi connectivity index (χ1v) is 7.28. The van der Waals surface area contributed by atoms with Crippen molar-refractivity contribution in [1.29, 1.82) is 5.41 Å². The maximum atomic E-state index is 7.70. The van der Waals surface area contributed by atoms with Crippen LogP contribution in [-0.2, 0) is 0 Å². The lowest BCUT2D eigenvalue weighted by atomic mass is 10.0. The molecule has 0 amide bonds. The molecule has 0 spiro atoms. The number of anilines is 1. The normalized spacial score (nSPS) is 12.0. The summed E-state index contributed by atoms with van der Waals surface area (Å²) >= 11 is 12.0. The van der Waals surface area contributed by atoms with Gasteiger partial charge in [0.2, 0.25) is 0 Å². The molecule has 5 heteroatoms. The van der Waals surface area contributed by atoms with Gasteiger partial charge in [0, 0.05) is 28.3 Å². The van der Waals surface area contributed by atoms with Crippen molar-refractivity contribution in [2.24, 2.45) is 5.73 Å². The van der Waals surface area contributed by atoms with Crippen LogP contribution in [0, 0.1) is 5.41 Å². The Morgan fingerprint density at radius 2 is 1.67 bits per heavy atom. The molecule has 0 saturated heterocycles. The van der Waals surface area contributed by atoms with Crippen molar-refractivity contribution < 1.29 is 0 Å². The van der Waals surface area contributed by atoms with Crippen LogP contribution in [0.2, 0.25) is 10.0 Å². The van der Waals surface area contributed by atoms with Crippen molar-refractivity contribution >= 4 is 34.7 Å². The highest BCUT2D eigenvalue weighted by Crippen LogP contribution is 2.30. The van der Waals surface area contributed by atoms with Crippen molar-refractivity contribution in [3.05, 3.63) is 63.6 Å². The van der Waals surface area contributed by atoms with E-state index in [1.165, 1.54) is 0 Å². The predicted octanol–water partition coefficient (Wildman–Crippen LogP) is 4.47. The van der Waals surface area contributed by atoms with Crippen molar-refractivity contribution in [2.75, 3.05) is 11.9 Å². The first-order chi connectivity index (χ1) is 9.90. The summed E-state index contributed by atoms with van der Waals surface area (Å²) < 4.78 is 0. The van der Waals surface area contributed by atoms with Crippen molar-refractivity contribution in [3.63, 3.8) is 0 Å². The van der Waals surface area contributed by atoms with E-state index in [0.717, 1.165) is 11.3 Å². The van der Waals surface area contributed by atoms with Crippen LogP contribution in [0.3, 0.4) is 0 Å². The van der Waals surface area contributed by atoms with E-state index in [1.807, 2.05) is 42.3 Å². The summed E-state index contributed by atoms with van der Waals surface area (Å²) in [7, 11) is 1.96. The van der Waals surface area contributed by atoms with Gasteiger partial charge in [-0.15, -0.1) is 0 Å². The summed E-state index contributed by atoms with van der Waals surface area (Å²) in [5.74, 6) is 0.0248. The van der Waals surface area contributed by atoms with Crippen molar-refractivity contribution in [3.8, 4) is 0 Å². The van der Waals surface area contributed by atoms with Gasteiger partial charge in [-0.3, -0.25) is 5.41 Å². The number of nitrogen functional groups attached to an aromatic ring is 1. The van der Waals surface area contributed by atoms with Crippen LogP contribution in [0.5, 0.6) is 0 Å². The molecule has 1 unspecified atom stereocenters. The summed E-state index contributed by atoms with van der Waals surface area (Å²) in [5.41, 5.74) is 8.28. The molecule has 0 saturated carbocycles. The highest BCUT2D eigenvalue weighted by molar-refractivity contribution is 6.31. The minimum atomic E-state index is 0.0248. The van der Waals surface area contributed by atoms with Gasteiger partial charge in [0.25, 0.3) is 0 Å². The summed E-state index contributed by atoms with van der Waals surface area (Å²) in [4.78, 5) is 2.05. The van der Waals surface area contributed by atoms with Gasteiger partial charge in [0.15, 0.2) is 0 Å². The number of nitrogens with zero attached hydrogens (tertiary/aromatic N) is 1. The summed E-state index contributed by atoms with van der Waals surface area (Å²) in [6, 6.07) is 13.1. The van der Waals surface area contributed by atoms with Gasteiger partial charge in [-0.2, -0.15) is 0 Å². The van der Waals surface area contributed by atoms with Gasteiger partial charge in [0.05, 0.1) is 6.04 Å². The Bertz CT molecular complexity index is 653. The molecule has 0 heterocycles. The van der Waals surface area contributed by atoms with E-state index < -0.39 is 0 Å². The minimum absolute atomic E-state index is 0.0248. The highest BCUT2D eigenvalue weighted by atomic mass is 35.5. The fourth-order valence-electron chi connectivity index (χ4n) is 2.20. The molecule has 0 bridgehead atoms. The van der Waals surface area contributed by atoms with Crippen molar-refractivity contribution in [1.82, 2.24) is 0 Å². The molecule has 2 rings (SSSR count). The lowest BCUT2D eigenvalue weighted by molar-refractivity contribution is 0.739. The second-order valence-corrected chi connectivity index (χ2v) is 5.79. The fourth-order valence-corrected chi connectivity index (χ4v) is 2.49. The third kappa shape index (κ3) is 3.49. The molecular weight excluding hydrogens is 305 g/mol. The molecular formula is C16H17Cl2N3. The van der Waals surface area contributed by atoms with E-state index in [9.17, 15) is 0 Å². The van der Waals surface area contributed by atoms with E-state index in [1.54, 1.807) is 12.1 Å². The number of halogens is 2. The number of nitrogens with two attached hydrogens (primary N) is 1. The van der Waals surface area contributed by atoms with Gasteiger partial charge < -0.3 is 10.6 Å². The third-order valence-electron chi connectivity index (χ3n) is 3.56. The summed E-state index contributed by atoms with van der Waals surface area (Å²) in [6.45, 7) is 2.08. The number of amidine groups is 1. The fraction of sp³-hybridized carbons (Fsp3) is 0.188. The maximum Gasteiger partial charge on any atom is 0.124 e. The zero-order chi connectivity index (χ0) is 15.6. The van der Waals surface area contributed by atoms with Gasteiger partial charge in [-0.1, -0.05) is 35.3 Å². The molecule has 0 radical (unpaired) electrons. The lowest BCUT2D eigenvalue weighted by Crippen LogP contribution is -2.25. The molecule has 0 aliphatic carbocycles. The Kier molecular flexibility index (Phi) is 4.76. The molecule has 21 heavy (non-hydrogen) atoms. The van der Waals surface area contributed by atoms with E-state index in [0.29, 0.717) is 15.6 Å². The van der Waals surface area contributed by atoms with Crippen LogP contribution in [0.1, 0.15) is 24.1 Å². The van der Waals surface area contributed by atoms with E-state index in [2.05, 4.69) is 6.92 Å². The molecule has 2 aromatic carbocycles. The van der Waals surface area contributed by atoms with Gasteiger partial charge in [-0.05, 0) is 42.8 Å². The van der Waals surface area contributed by atoms with Gasteiger partial charge in [0.1, 0.15) is 5.84 Å². The highest BCUT2D eigenvalue weighted by Gasteiger charge is 2.17. The first kappa shape index (κ1) is 15.7. The predicted molar refractivity (Wildman–Crippen MR) is 90.7 cm³/mol. The second kappa shape index (κ2) is 6.37. The maximum absolute atomic E-state index is 7.70. The molecule has 2 aromatic rings. The second-order valence-electron chi connectivity index (χ2n) is 4.91. The Morgan fingerprint density at radius 1 is 1.10 bits per heavy atom. The van der Waals surface area contributed by atoms with E-state index in [-0.39, 0.29) is 11.9 Å². The van der Waals surface area contributed by atoms with Crippen LogP contribution in [0.25, 0.3) is 0 Å². The van der Waals surface area contributed by atoms with E-state index >= 15 is 0 Å². The molecule has 0 fully saturated rings. The topological polar surface area (TPSA) is 53.1 Å². The minimum Gasteiger partial charge on any atom is -0.384 e. The average Bonchev–Trinajstić information content (AvgIpc) is 2.46. The molecule has 110 valence electrons. The summed E-state index contributed by atoms with van der Waals surface area (Å²) in [5, 5.41) is 9.03. The molecule has 0 aliphatic rings. The zero-order valence-electron chi connectivity index (χ0n) is 11.9. The Morgan fingerprint density at radius 3 is 2.24 bits per heavy atom. The lowest BCUT2D eigenvalue weighted by Gasteiger charge is -2.29. The molecule has 0 aliphatic heterocycles. The quantitative estimate of drug-likeness (QED) is 0.644. The Labute approximate surface area is 134 Å². The van der Waals surface area contributed by atoms with Gasteiger partial charge >= 0.3 is 0 Å². The molecule has 0 aromatic heterocycles. The number of hydrogen-bond donors (Lipinski definition) is 2. The smallest absolute Gasteiger partial charge is 0.124 e. The zero-order valence-corrected chi connectivity index (χ0v) is 13.4. The Hall–Kier alpha value is -1.71. The molecule has 3 N–H and O–H groups in total. The number of benzene rings is 2.